The van der Waals surface area contributed by atoms with Crippen molar-refractivity contribution in [1.82, 2.24) is 10.2 Å². The summed E-state index contributed by atoms with van der Waals surface area (Å²) in [5.41, 5.74) is 3.66. The van der Waals surface area contributed by atoms with Crippen LogP contribution in [-0.2, 0) is 4.74 Å². The van der Waals surface area contributed by atoms with Gasteiger partial charge in [0, 0.05) is 30.2 Å². The van der Waals surface area contributed by atoms with Gasteiger partial charge in [0.1, 0.15) is 0 Å². The Morgan fingerprint density at radius 1 is 1.31 bits per heavy atom. The van der Waals surface area contributed by atoms with Crippen molar-refractivity contribution in [3.63, 3.8) is 0 Å². The van der Waals surface area contributed by atoms with Crippen LogP contribution < -0.4 is 0 Å². The summed E-state index contributed by atoms with van der Waals surface area (Å²) in [6.45, 7) is 3.87. The zero-order chi connectivity index (χ0) is 11.0. The van der Waals surface area contributed by atoms with Crippen molar-refractivity contribution in [2.75, 3.05) is 13.2 Å². The average molecular weight is 216 g/mol. The van der Waals surface area contributed by atoms with Gasteiger partial charge in [-0.2, -0.15) is 5.10 Å². The molecule has 2 aromatic rings. The smallest absolute Gasteiger partial charge is 0.0924 e. The second-order valence-electron chi connectivity index (χ2n) is 4.54. The summed E-state index contributed by atoms with van der Waals surface area (Å²) in [6, 6.07) is 6.42. The molecule has 3 heteroatoms. The SMILES string of the molecule is Cc1ccc2n[nH]c(C3CCOCC3)c2c1. The number of rotatable bonds is 1. The first kappa shape index (κ1) is 9.85. The van der Waals surface area contributed by atoms with E-state index in [1.807, 2.05) is 0 Å². The minimum Gasteiger partial charge on any atom is -0.381 e. The van der Waals surface area contributed by atoms with Crippen LogP contribution in [0.1, 0.15) is 30.0 Å². The monoisotopic (exact) mass is 216 g/mol. The summed E-state index contributed by atoms with van der Waals surface area (Å²) < 4.78 is 5.40. The summed E-state index contributed by atoms with van der Waals surface area (Å²) in [4.78, 5) is 0. The van der Waals surface area contributed by atoms with Crippen molar-refractivity contribution in [3.8, 4) is 0 Å². The average Bonchev–Trinajstić information content (AvgIpc) is 2.73. The van der Waals surface area contributed by atoms with E-state index < -0.39 is 0 Å². The van der Waals surface area contributed by atoms with Crippen LogP contribution in [0.25, 0.3) is 10.9 Å². The van der Waals surface area contributed by atoms with E-state index >= 15 is 0 Å². The maximum absolute atomic E-state index is 5.40. The van der Waals surface area contributed by atoms with E-state index in [0.29, 0.717) is 5.92 Å². The van der Waals surface area contributed by atoms with Crippen molar-refractivity contribution >= 4 is 10.9 Å². The fraction of sp³-hybridized carbons (Fsp3) is 0.462. The molecule has 0 bridgehead atoms. The van der Waals surface area contributed by atoms with Gasteiger partial charge in [0.05, 0.1) is 5.52 Å². The Morgan fingerprint density at radius 2 is 2.12 bits per heavy atom. The molecule has 0 amide bonds. The second kappa shape index (κ2) is 3.91. The van der Waals surface area contributed by atoms with Gasteiger partial charge in [-0.25, -0.2) is 0 Å². The lowest BCUT2D eigenvalue weighted by Crippen LogP contribution is -2.14. The minimum absolute atomic E-state index is 0.584. The molecular formula is C13H16N2O. The zero-order valence-electron chi connectivity index (χ0n) is 9.49. The van der Waals surface area contributed by atoms with Gasteiger partial charge in [0.25, 0.3) is 0 Å². The Balaban J connectivity index is 2.05. The number of hydrogen-bond acceptors (Lipinski definition) is 2. The number of nitrogens with zero attached hydrogens (tertiary/aromatic N) is 1. The summed E-state index contributed by atoms with van der Waals surface area (Å²) in [5.74, 6) is 0.584. The van der Waals surface area contributed by atoms with E-state index in [1.54, 1.807) is 0 Å². The number of aromatic nitrogens is 2. The van der Waals surface area contributed by atoms with E-state index in [-0.39, 0.29) is 0 Å². The normalized spacial score (nSPS) is 18.1. The molecule has 0 radical (unpaired) electrons. The molecule has 1 N–H and O–H groups in total. The molecule has 0 aliphatic carbocycles. The second-order valence-corrected chi connectivity index (χ2v) is 4.54. The summed E-state index contributed by atoms with van der Waals surface area (Å²) in [6.07, 6.45) is 2.20. The number of benzene rings is 1. The maximum Gasteiger partial charge on any atom is 0.0924 e. The largest absolute Gasteiger partial charge is 0.381 e. The number of H-pyrrole nitrogens is 1. The molecule has 16 heavy (non-hydrogen) atoms. The van der Waals surface area contributed by atoms with E-state index in [9.17, 15) is 0 Å². The highest BCUT2D eigenvalue weighted by atomic mass is 16.5. The Morgan fingerprint density at radius 3 is 2.94 bits per heavy atom. The predicted octanol–water partition coefficient (Wildman–Crippen LogP) is 2.77. The van der Waals surface area contributed by atoms with Gasteiger partial charge in [0.2, 0.25) is 0 Å². The lowest BCUT2D eigenvalue weighted by atomic mass is 9.94. The van der Waals surface area contributed by atoms with E-state index in [1.165, 1.54) is 16.6 Å². The third kappa shape index (κ3) is 1.61. The summed E-state index contributed by atoms with van der Waals surface area (Å²) in [5, 5.41) is 8.86. The molecule has 1 aromatic carbocycles. The molecule has 0 spiro atoms. The van der Waals surface area contributed by atoms with Gasteiger partial charge in [-0.1, -0.05) is 11.6 Å². The number of aryl methyl sites for hydroxylation is 1. The maximum atomic E-state index is 5.40. The molecule has 2 heterocycles. The Kier molecular flexibility index (Phi) is 2.40. The van der Waals surface area contributed by atoms with Crippen LogP contribution in [0.5, 0.6) is 0 Å². The number of hydrogen-bond donors (Lipinski definition) is 1. The molecule has 1 fully saturated rings. The number of aromatic amines is 1. The molecule has 0 atom stereocenters. The Hall–Kier alpha value is -1.35. The first-order chi connectivity index (χ1) is 7.84. The Labute approximate surface area is 94.8 Å². The molecular weight excluding hydrogens is 200 g/mol. The minimum atomic E-state index is 0.584. The van der Waals surface area contributed by atoms with Gasteiger partial charge in [0.15, 0.2) is 0 Å². The molecule has 84 valence electrons. The first-order valence-electron chi connectivity index (χ1n) is 5.87. The highest BCUT2D eigenvalue weighted by Crippen LogP contribution is 2.30. The third-order valence-corrected chi connectivity index (χ3v) is 3.37. The van der Waals surface area contributed by atoms with Crippen molar-refractivity contribution in [2.45, 2.75) is 25.7 Å². The fourth-order valence-electron chi connectivity index (χ4n) is 2.44. The zero-order valence-corrected chi connectivity index (χ0v) is 9.49. The lowest BCUT2D eigenvalue weighted by Gasteiger charge is -2.21. The van der Waals surface area contributed by atoms with Crippen molar-refractivity contribution in [3.05, 3.63) is 29.5 Å². The van der Waals surface area contributed by atoms with Crippen LogP contribution in [0.15, 0.2) is 18.2 Å². The van der Waals surface area contributed by atoms with Crippen molar-refractivity contribution < 1.29 is 4.74 Å². The molecule has 0 unspecified atom stereocenters. The standard InChI is InChI=1S/C13H16N2O/c1-9-2-3-12-11(8-9)13(15-14-12)10-4-6-16-7-5-10/h2-3,8,10H,4-7H2,1H3,(H,14,15). The van der Waals surface area contributed by atoms with Gasteiger partial charge >= 0.3 is 0 Å². The highest BCUT2D eigenvalue weighted by molar-refractivity contribution is 5.82. The molecule has 3 rings (SSSR count). The van der Waals surface area contributed by atoms with Crippen LogP contribution >= 0.6 is 0 Å². The quantitative estimate of drug-likeness (QED) is 0.796. The van der Waals surface area contributed by atoms with Crippen LogP contribution in [0.4, 0.5) is 0 Å². The first-order valence-corrected chi connectivity index (χ1v) is 5.87. The van der Waals surface area contributed by atoms with Gasteiger partial charge in [-0.15, -0.1) is 0 Å². The van der Waals surface area contributed by atoms with E-state index in [0.717, 1.165) is 31.6 Å². The van der Waals surface area contributed by atoms with E-state index in [4.69, 9.17) is 4.74 Å². The van der Waals surface area contributed by atoms with Gasteiger partial charge < -0.3 is 4.74 Å². The topological polar surface area (TPSA) is 37.9 Å². The number of nitrogens with one attached hydrogen (secondary N) is 1. The Bertz CT molecular complexity index is 498. The van der Waals surface area contributed by atoms with Gasteiger partial charge in [-0.05, 0) is 31.9 Å². The molecule has 1 aliphatic heterocycles. The third-order valence-electron chi connectivity index (χ3n) is 3.37. The van der Waals surface area contributed by atoms with Crippen LogP contribution in [0.3, 0.4) is 0 Å². The number of ether oxygens (including phenoxy) is 1. The van der Waals surface area contributed by atoms with E-state index in [2.05, 4.69) is 35.3 Å². The summed E-state index contributed by atoms with van der Waals surface area (Å²) in [7, 11) is 0. The molecule has 0 saturated carbocycles. The number of fused-ring (bicyclic) bond motifs is 1. The van der Waals surface area contributed by atoms with Crippen LogP contribution in [0, 0.1) is 6.92 Å². The lowest BCUT2D eigenvalue weighted by molar-refractivity contribution is 0.0847. The molecule has 3 nitrogen and oxygen atoms in total. The molecule has 1 aromatic heterocycles. The van der Waals surface area contributed by atoms with Gasteiger partial charge in [-0.3, -0.25) is 5.10 Å². The van der Waals surface area contributed by atoms with Crippen molar-refractivity contribution in [2.24, 2.45) is 0 Å². The molecule has 1 aliphatic rings. The van der Waals surface area contributed by atoms with Crippen LogP contribution in [0.2, 0.25) is 0 Å². The van der Waals surface area contributed by atoms with Crippen molar-refractivity contribution in [1.29, 1.82) is 0 Å². The highest BCUT2D eigenvalue weighted by Gasteiger charge is 2.19. The van der Waals surface area contributed by atoms with Crippen LogP contribution in [-0.4, -0.2) is 23.4 Å². The predicted molar refractivity (Wildman–Crippen MR) is 63.6 cm³/mol. The summed E-state index contributed by atoms with van der Waals surface area (Å²) >= 11 is 0. The fourth-order valence-corrected chi connectivity index (χ4v) is 2.44. The molecule has 1 saturated heterocycles.